The van der Waals surface area contributed by atoms with Gasteiger partial charge >= 0.3 is 6.03 Å². The Hall–Kier alpha value is -0.810. The van der Waals surface area contributed by atoms with Crippen LogP contribution in [-0.4, -0.2) is 54.9 Å². The second-order valence-corrected chi connectivity index (χ2v) is 6.73. The number of hydrogen-bond acceptors (Lipinski definition) is 3. The van der Waals surface area contributed by atoms with Gasteiger partial charge in [-0.2, -0.15) is 0 Å². The van der Waals surface area contributed by atoms with Gasteiger partial charge in [0, 0.05) is 19.6 Å². The topological polar surface area (TPSA) is 64.6 Å². The number of nitrogens with one attached hydrogen (secondary N) is 2. The number of nitrogens with zero attached hydrogens (tertiary/aromatic N) is 1. The van der Waals surface area contributed by atoms with Gasteiger partial charge in [-0.1, -0.05) is 20.3 Å². The molecule has 1 rings (SSSR count). The van der Waals surface area contributed by atoms with Crippen LogP contribution in [0.3, 0.4) is 0 Å². The van der Waals surface area contributed by atoms with Crippen molar-refractivity contribution >= 4 is 6.03 Å². The standard InChI is InChI=1S/C15H31N3O2/c1-13(19)11-15(2,3)12-17-14(20)16-7-10-18-8-5-4-6-9-18/h13,19H,4-12H2,1-3H3,(H2,16,17,20). The minimum Gasteiger partial charge on any atom is -0.393 e. The number of hydrogen-bond donors (Lipinski definition) is 3. The molecule has 0 bridgehead atoms. The Morgan fingerprint density at radius 3 is 2.50 bits per heavy atom. The lowest BCUT2D eigenvalue weighted by Gasteiger charge is -2.27. The van der Waals surface area contributed by atoms with E-state index in [2.05, 4.69) is 15.5 Å². The van der Waals surface area contributed by atoms with Crippen LogP contribution >= 0.6 is 0 Å². The molecule has 1 fully saturated rings. The van der Waals surface area contributed by atoms with Crippen molar-refractivity contribution < 1.29 is 9.90 Å². The summed E-state index contributed by atoms with van der Waals surface area (Å²) in [4.78, 5) is 14.1. The molecule has 0 aromatic carbocycles. The van der Waals surface area contributed by atoms with Crippen molar-refractivity contribution in [3.63, 3.8) is 0 Å². The van der Waals surface area contributed by atoms with Crippen LogP contribution in [0.5, 0.6) is 0 Å². The molecule has 1 heterocycles. The number of urea groups is 1. The first-order chi connectivity index (χ1) is 9.39. The Morgan fingerprint density at radius 2 is 1.90 bits per heavy atom. The molecular weight excluding hydrogens is 254 g/mol. The van der Waals surface area contributed by atoms with Crippen LogP contribution in [0.2, 0.25) is 0 Å². The van der Waals surface area contributed by atoms with Crippen LogP contribution in [0, 0.1) is 5.41 Å². The molecule has 0 aromatic heterocycles. The molecule has 1 saturated heterocycles. The largest absolute Gasteiger partial charge is 0.393 e. The van der Waals surface area contributed by atoms with Crippen LogP contribution in [0.1, 0.15) is 46.5 Å². The minimum absolute atomic E-state index is 0.0849. The van der Waals surface area contributed by atoms with Crippen LogP contribution in [0.15, 0.2) is 0 Å². The second kappa shape index (κ2) is 8.47. The van der Waals surface area contributed by atoms with Crippen molar-refractivity contribution in [2.24, 2.45) is 5.41 Å². The fraction of sp³-hybridized carbons (Fsp3) is 0.933. The third kappa shape index (κ3) is 7.70. The summed E-state index contributed by atoms with van der Waals surface area (Å²) in [6.07, 6.45) is 4.23. The van der Waals surface area contributed by atoms with Gasteiger partial charge < -0.3 is 20.6 Å². The number of carbonyl (C=O) groups is 1. The van der Waals surface area contributed by atoms with Crippen LogP contribution in [0.4, 0.5) is 4.79 Å². The van der Waals surface area contributed by atoms with Crippen molar-refractivity contribution in [3.05, 3.63) is 0 Å². The van der Waals surface area contributed by atoms with E-state index < -0.39 is 0 Å². The molecule has 0 aromatic rings. The zero-order chi connectivity index (χ0) is 15.0. The molecule has 1 atom stereocenters. The SMILES string of the molecule is CC(O)CC(C)(C)CNC(=O)NCCN1CCCCC1. The van der Waals surface area contributed by atoms with E-state index >= 15 is 0 Å². The highest BCUT2D eigenvalue weighted by Crippen LogP contribution is 2.20. The minimum atomic E-state index is -0.339. The van der Waals surface area contributed by atoms with E-state index in [0.717, 1.165) is 19.6 Å². The quantitative estimate of drug-likeness (QED) is 0.665. The van der Waals surface area contributed by atoms with Crippen molar-refractivity contribution in [2.45, 2.75) is 52.6 Å². The number of piperidine rings is 1. The molecule has 1 unspecified atom stereocenters. The average Bonchev–Trinajstić information content (AvgIpc) is 2.36. The van der Waals surface area contributed by atoms with Gasteiger partial charge in [-0.25, -0.2) is 4.79 Å². The van der Waals surface area contributed by atoms with Gasteiger partial charge in [0.25, 0.3) is 0 Å². The van der Waals surface area contributed by atoms with Crippen LogP contribution < -0.4 is 10.6 Å². The van der Waals surface area contributed by atoms with Gasteiger partial charge in [-0.15, -0.1) is 0 Å². The maximum absolute atomic E-state index is 11.7. The predicted octanol–water partition coefficient (Wildman–Crippen LogP) is 1.57. The first-order valence-electron chi connectivity index (χ1n) is 7.81. The molecule has 3 N–H and O–H groups in total. The highest BCUT2D eigenvalue weighted by molar-refractivity contribution is 5.73. The summed E-state index contributed by atoms with van der Waals surface area (Å²) in [7, 11) is 0. The van der Waals surface area contributed by atoms with Gasteiger partial charge in [-0.05, 0) is 44.7 Å². The molecule has 1 aliphatic heterocycles. The van der Waals surface area contributed by atoms with E-state index in [1.165, 1.54) is 19.3 Å². The molecular formula is C15H31N3O2. The Labute approximate surface area is 123 Å². The Bertz CT molecular complexity index is 287. The van der Waals surface area contributed by atoms with Crippen molar-refractivity contribution in [3.8, 4) is 0 Å². The fourth-order valence-electron chi connectivity index (χ4n) is 2.76. The summed E-state index contributed by atoms with van der Waals surface area (Å²) in [6.45, 7) is 10.4. The van der Waals surface area contributed by atoms with Gasteiger partial charge in [-0.3, -0.25) is 0 Å². The summed E-state index contributed by atoms with van der Waals surface area (Å²) >= 11 is 0. The molecule has 118 valence electrons. The molecule has 5 nitrogen and oxygen atoms in total. The zero-order valence-corrected chi connectivity index (χ0v) is 13.2. The average molecular weight is 285 g/mol. The molecule has 2 amide bonds. The Morgan fingerprint density at radius 1 is 1.25 bits per heavy atom. The summed E-state index contributed by atoms with van der Waals surface area (Å²) in [5.41, 5.74) is -0.0849. The number of likely N-dealkylation sites (tertiary alicyclic amines) is 1. The molecule has 5 heteroatoms. The highest BCUT2D eigenvalue weighted by atomic mass is 16.3. The molecule has 1 aliphatic rings. The second-order valence-electron chi connectivity index (χ2n) is 6.73. The Balaban J connectivity index is 2.10. The van der Waals surface area contributed by atoms with Gasteiger partial charge in [0.2, 0.25) is 0 Å². The first kappa shape index (κ1) is 17.2. The van der Waals surface area contributed by atoms with Crippen molar-refractivity contribution in [1.29, 1.82) is 0 Å². The van der Waals surface area contributed by atoms with Crippen molar-refractivity contribution in [1.82, 2.24) is 15.5 Å². The third-order valence-electron chi connectivity index (χ3n) is 3.74. The van der Waals surface area contributed by atoms with E-state index in [4.69, 9.17) is 0 Å². The van der Waals surface area contributed by atoms with Crippen LogP contribution in [0.25, 0.3) is 0 Å². The van der Waals surface area contributed by atoms with E-state index in [1.807, 2.05) is 13.8 Å². The molecule has 0 spiro atoms. The monoisotopic (exact) mass is 285 g/mol. The number of rotatable bonds is 7. The summed E-state index contributed by atoms with van der Waals surface area (Å²) < 4.78 is 0. The molecule has 20 heavy (non-hydrogen) atoms. The lowest BCUT2D eigenvalue weighted by atomic mass is 9.87. The van der Waals surface area contributed by atoms with Crippen molar-refractivity contribution in [2.75, 3.05) is 32.7 Å². The normalized spacial score (nSPS) is 18.6. The lowest BCUT2D eigenvalue weighted by molar-refractivity contribution is 0.128. The highest BCUT2D eigenvalue weighted by Gasteiger charge is 2.21. The lowest BCUT2D eigenvalue weighted by Crippen LogP contribution is -2.44. The smallest absolute Gasteiger partial charge is 0.314 e. The predicted molar refractivity (Wildman–Crippen MR) is 81.8 cm³/mol. The number of carbonyl (C=O) groups excluding carboxylic acids is 1. The van der Waals surface area contributed by atoms with E-state index in [1.54, 1.807) is 6.92 Å². The molecule has 0 radical (unpaired) electrons. The van der Waals surface area contributed by atoms with E-state index in [0.29, 0.717) is 19.5 Å². The first-order valence-corrected chi connectivity index (χ1v) is 7.81. The summed E-state index contributed by atoms with van der Waals surface area (Å²) in [5.74, 6) is 0. The Kier molecular flexibility index (Phi) is 7.30. The summed E-state index contributed by atoms with van der Waals surface area (Å²) in [5, 5.41) is 15.2. The van der Waals surface area contributed by atoms with E-state index in [9.17, 15) is 9.90 Å². The number of aliphatic hydroxyl groups is 1. The summed E-state index contributed by atoms with van der Waals surface area (Å²) in [6, 6.07) is -0.110. The third-order valence-corrected chi connectivity index (χ3v) is 3.74. The molecule has 0 saturated carbocycles. The number of amides is 2. The van der Waals surface area contributed by atoms with Gasteiger partial charge in [0.1, 0.15) is 0 Å². The number of aliphatic hydroxyl groups excluding tert-OH is 1. The maximum atomic E-state index is 11.7. The zero-order valence-electron chi connectivity index (χ0n) is 13.2. The molecule has 0 aliphatic carbocycles. The van der Waals surface area contributed by atoms with E-state index in [-0.39, 0.29) is 17.6 Å². The van der Waals surface area contributed by atoms with Gasteiger partial charge in [0.05, 0.1) is 6.10 Å². The maximum Gasteiger partial charge on any atom is 0.314 e. The fourth-order valence-corrected chi connectivity index (χ4v) is 2.76. The van der Waals surface area contributed by atoms with Gasteiger partial charge in [0.15, 0.2) is 0 Å². The van der Waals surface area contributed by atoms with Crippen LogP contribution in [-0.2, 0) is 0 Å².